The highest BCUT2D eigenvalue weighted by Gasteiger charge is 2.74. The van der Waals surface area contributed by atoms with Gasteiger partial charge in [0, 0.05) is 25.3 Å². The number of carbonyl (C=O) groups excluding carboxylic acids is 2. The lowest BCUT2D eigenvalue weighted by Gasteiger charge is -2.64. The first kappa shape index (κ1) is 27.0. The predicted molar refractivity (Wildman–Crippen MR) is 125 cm³/mol. The Morgan fingerprint density at radius 3 is 2.34 bits per heavy atom. The number of nitrogens with zero attached hydrogens (tertiary/aromatic N) is 3. The number of ether oxygens (including phenoxy) is 2. The van der Waals surface area contributed by atoms with E-state index in [-0.39, 0.29) is 19.5 Å². The summed E-state index contributed by atoms with van der Waals surface area (Å²) in [5, 5.41) is 22.0. The second-order valence-electron chi connectivity index (χ2n) is 9.51. The largest absolute Gasteiger partial charge is 0.480 e. The maximum Gasteiger partial charge on any atom is 0.320 e. The highest BCUT2D eigenvalue weighted by Crippen LogP contribution is 2.58. The second kappa shape index (κ2) is 10.6. The smallest absolute Gasteiger partial charge is 0.320 e. The molecule has 0 aliphatic carbocycles. The van der Waals surface area contributed by atoms with Crippen LogP contribution >= 0.6 is 0 Å². The van der Waals surface area contributed by atoms with Crippen LogP contribution < -0.4 is 5.73 Å². The standard InChI is InChI=1S/C24H36N4O7/c1-15-23(21(32)34-3)13-28(17(19(29)30)10-5-7-11-25)14-24(20(23)31,22(33)35-4)18(27(15)2)16-9-6-8-12-26-16/h6,8-9,12,15,17-18,20,31H,5,7,10-11,13-14,25H2,1-4H3,(H,29,30)/t15-,17?,18+,20-,23?,24?/m0/s1. The van der Waals surface area contributed by atoms with E-state index in [1.807, 2.05) is 4.90 Å². The number of hydrogen-bond acceptors (Lipinski definition) is 10. The molecular formula is C24H36N4O7. The van der Waals surface area contributed by atoms with Crippen molar-refractivity contribution in [1.82, 2.24) is 14.8 Å². The van der Waals surface area contributed by atoms with Gasteiger partial charge in [-0.1, -0.05) is 12.5 Å². The van der Waals surface area contributed by atoms with Crippen molar-refractivity contribution >= 4 is 17.9 Å². The summed E-state index contributed by atoms with van der Waals surface area (Å²) in [6, 6.07) is 2.83. The summed E-state index contributed by atoms with van der Waals surface area (Å²) < 4.78 is 10.4. The number of aliphatic carboxylic acids is 1. The molecule has 1 aromatic rings. The van der Waals surface area contributed by atoms with E-state index < -0.39 is 53.0 Å². The molecule has 3 unspecified atom stereocenters. The zero-order valence-electron chi connectivity index (χ0n) is 20.7. The number of nitrogens with two attached hydrogens (primary N) is 1. The minimum Gasteiger partial charge on any atom is -0.480 e. The first-order valence-corrected chi connectivity index (χ1v) is 11.8. The molecule has 11 nitrogen and oxygen atoms in total. The summed E-state index contributed by atoms with van der Waals surface area (Å²) in [4.78, 5) is 47.3. The van der Waals surface area contributed by atoms with Gasteiger partial charge in [-0.3, -0.25) is 29.2 Å². The molecule has 0 aromatic carbocycles. The number of aliphatic hydroxyl groups excluding tert-OH is 1. The van der Waals surface area contributed by atoms with Crippen LogP contribution in [0.1, 0.15) is 37.9 Å². The summed E-state index contributed by atoms with van der Waals surface area (Å²) in [6.45, 7) is 1.95. The number of carboxylic acids is 1. The van der Waals surface area contributed by atoms with Gasteiger partial charge in [0.1, 0.15) is 16.9 Å². The molecule has 0 radical (unpaired) electrons. The minimum atomic E-state index is -1.71. The van der Waals surface area contributed by atoms with Crippen LogP contribution in [0.15, 0.2) is 24.4 Å². The Labute approximate surface area is 205 Å². The molecule has 11 heteroatoms. The zero-order chi connectivity index (χ0) is 26.0. The molecule has 6 atom stereocenters. The van der Waals surface area contributed by atoms with Crippen molar-refractivity contribution in [3.63, 3.8) is 0 Å². The zero-order valence-corrected chi connectivity index (χ0v) is 20.7. The molecule has 0 amide bonds. The van der Waals surface area contributed by atoms with Gasteiger partial charge in [0.15, 0.2) is 0 Å². The van der Waals surface area contributed by atoms with Gasteiger partial charge < -0.3 is 25.4 Å². The molecule has 1 aromatic heterocycles. The quantitative estimate of drug-likeness (QED) is 0.316. The van der Waals surface area contributed by atoms with Crippen LogP contribution in [0.25, 0.3) is 0 Å². The molecule has 2 saturated heterocycles. The number of esters is 2. The summed E-state index contributed by atoms with van der Waals surface area (Å²) in [5.41, 5.74) is 2.79. The van der Waals surface area contributed by atoms with Crippen molar-refractivity contribution in [2.45, 2.75) is 50.4 Å². The molecule has 4 N–H and O–H groups in total. The summed E-state index contributed by atoms with van der Waals surface area (Å²) in [7, 11) is 4.19. The highest BCUT2D eigenvalue weighted by molar-refractivity contribution is 5.86. The first-order chi connectivity index (χ1) is 16.6. The van der Waals surface area contributed by atoms with Crippen molar-refractivity contribution in [2.75, 3.05) is 40.9 Å². The number of pyridine rings is 1. The Morgan fingerprint density at radius 1 is 1.17 bits per heavy atom. The third kappa shape index (κ3) is 4.20. The van der Waals surface area contributed by atoms with Crippen LogP contribution in [0.2, 0.25) is 0 Å². The number of carbonyl (C=O) groups is 3. The summed E-state index contributed by atoms with van der Waals surface area (Å²) in [5.74, 6) is -2.54. The van der Waals surface area contributed by atoms with Crippen LogP contribution in [0, 0.1) is 10.8 Å². The Bertz CT molecular complexity index is 932. The number of piperidine rings is 2. The Morgan fingerprint density at radius 2 is 1.80 bits per heavy atom. The fourth-order valence-corrected chi connectivity index (χ4v) is 6.10. The first-order valence-electron chi connectivity index (χ1n) is 11.8. The molecule has 2 bridgehead atoms. The van der Waals surface area contributed by atoms with Crippen molar-refractivity contribution in [2.24, 2.45) is 16.6 Å². The number of rotatable bonds is 9. The van der Waals surface area contributed by atoms with Crippen LogP contribution in [0.5, 0.6) is 0 Å². The minimum absolute atomic E-state index is 0.0976. The van der Waals surface area contributed by atoms with Crippen LogP contribution in [-0.4, -0.2) is 102 Å². The van der Waals surface area contributed by atoms with Crippen molar-refractivity contribution in [3.8, 4) is 0 Å². The average molecular weight is 493 g/mol. The SMILES string of the molecule is COC(=O)C12CN(C(CCCCN)C(=O)O)CC(C(=O)OC)([C@H]1O)[C@@H](c1ccccn1)N(C)[C@H]2C. The van der Waals surface area contributed by atoms with Gasteiger partial charge in [0.25, 0.3) is 0 Å². The average Bonchev–Trinajstić information content (AvgIpc) is 2.86. The molecule has 0 spiro atoms. The number of methoxy groups -OCH3 is 2. The number of fused-ring (bicyclic) bond motifs is 2. The monoisotopic (exact) mass is 492 g/mol. The normalized spacial score (nSPS) is 32.0. The lowest BCUT2D eigenvalue weighted by molar-refractivity contribution is -0.248. The summed E-state index contributed by atoms with van der Waals surface area (Å²) in [6.07, 6.45) is 1.54. The summed E-state index contributed by atoms with van der Waals surface area (Å²) >= 11 is 0. The molecule has 194 valence electrons. The van der Waals surface area contributed by atoms with Crippen molar-refractivity contribution in [1.29, 1.82) is 0 Å². The molecule has 3 heterocycles. The molecule has 2 aliphatic heterocycles. The van der Waals surface area contributed by atoms with Gasteiger partial charge in [-0.15, -0.1) is 0 Å². The van der Waals surface area contributed by atoms with Crippen LogP contribution in [0.4, 0.5) is 0 Å². The van der Waals surface area contributed by atoms with E-state index in [0.29, 0.717) is 25.1 Å². The fourth-order valence-electron chi connectivity index (χ4n) is 6.10. The van der Waals surface area contributed by atoms with Crippen LogP contribution in [-0.2, 0) is 23.9 Å². The van der Waals surface area contributed by atoms with E-state index in [2.05, 4.69) is 4.98 Å². The van der Waals surface area contributed by atoms with Gasteiger partial charge in [-0.25, -0.2) is 0 Å². The highest BCUT2D eigenvalue weighted by atomic mass is 16.5. The lowest BCUT2D eigenvalue weighted by Crippen LogP contribution is -2.80. The third-order valence-electron chi connectivity index (χ3n) is 7.91. The molecule has 2 aliphatic rings. The van der Waals surface area contributed by atoms with Gasteiger partial charge in [-0.05, 0) is 45.5 Å². The molecule has 0 saturated carbocycles. The van der Waals surface area contributed by atoms with Crippen molar-refractivity contribution < 1.29 is 34.1 Å². The maximum atomic E-state index is 13.6. The fraction of sp³-hybridized carbons (Fsp3) is 0.667. The molecular weight excluding hydrogens is 456 g/mol. The number of aliphatic hydroxyl groups is 1. The van der Waals surface area contributed by atoms with E-state index in [1.165, 1.54) is 14.2 Å². The second-order valence-corrected chi connectivity index (χ2v) is 9.51. The molecule has 3 rings (SSSR count). The van der Waals surface area contributed by atoms with E-state index in [4.69, 9.17) is 15.2 Å². The number of aromatic nitrogens is 1. The Hall–Kier alpha value is -2.60. The molecule has 35 heavy (non-hydrogen) atoms. The number of likely N-dealkylation sites (tertiary alicyclic amines) is 2. The van der Waals surface area contributed by atoms with Gasteiger partial charge in [0.2, 0.25) is 0 Å². The Balaban J connectivity index is 2.26. The Kier molecular flexibility index (Phi) is 8.15. The van der Waals surface area contributed by atoms with Crippen molar-refractivity contribution in [3.05, 3.63) is 30.1 Å². The maximum absolute atomic E-state index is 13.6. The van der Waals surface area contributed by atoms with Gasteiger partial charge in [-0.2, -0.15) is 0 Å². The van der Waals surface area contributed by atoms with Crippen LogP contribution in [0.3, 0.4) is 0 Å². The number of unbranched alkanes of at least 4 members (excludes halogenated alkanes) is 1. The number of hydrogen-bond donors (Lipinski definition) is 3. The third-order valence-corrected chi connectivity index (χ3v) is 7.91. The lowest BCUT2D eigenvalue weighted by atomic mass is 9.54. The predicted octanol–water partition coefficient (Wildman–Crippen LogP) is 0.0341. The number of carboxylic acid groups (broad SMARTS) is 1. The van der Waals surface area contributed by atoms with E-state index in [9.17, 15) is 24.6 Å². The van der Waals surface area contributed by atoms with Gasteiger partial charge in [0.05, 0.1) is 32.1 Å². The topological polar surface area (TPSA) is 156 Å². The molecule has 2 fully saturated rings. The van der Waals surface area contributed by atoms with E-state index >= 15 is 0 Å². The van der Waals surface area contributed by atoms with E-state index in [0.717, 1.165) is 0 Å². The van der Waals surface area contributed by atoms with Gasteiger partial charge >= 0.3 is 17.9 Å². The van der Waals surface area contributed by atoms with E-state index in [1.54, 1.807) is 43.3 Å².